The molecule has 2 atom stereocenters. The number of ether oxygens (including phenoxy) is 1. The number of hydrogen-bond donors (Lipinski definition) is 2. The third kappa shape index (κ3) is 2.48. The Bertz CT molecular complexity index is 249. The van der Waals surface area contributed by atoms with Gasteiger partial charge in [0, 0.05) is 19.6 Å². The maximum atomic E-state index is 12.0. The van der Waals surface area contributed by atoms with Gasteiger partial charge in [-0.05, 0) is 13.3 Å². The van der Waals surface area contributed by atoms with Gasteiger partial charge in [0.15, 0.2) is 0 Å². The van der Waals surface area contributed by atoms with E-state index in [1.165, 1.54) is 0 Å². The van der Waals surface area contributed by atoms with Gasteiger partial charge in [-0.3, -0.25) is 4.79 Å². The van der Waals surface area contributed by atoms with Gasteiger partial charge >= 0.3 is 0 Å². The minimum atomic E-state index is -0.717. The normalized spacial score (nSPS) is 36.9. The summed E-state index contributed by atoms with van der Waals surface area (Å²) in [5.41, 5.74) is -0.717. The SMILES string of the molecule is CC1(O)CCN(C(=O)C2COCCN2)C1. The van der Waals surface area contributed by atoms with E-state index >= 15 is 0 Å². The van der Waals surface area contributed by atoms with Crippen LogP contribution in [0.1, 0.15) is 13.3 Å². The Morgan fingerprint density at radius 1 is 1.67 bits per heavy atom. The highest BCUT2D eigenvalue weighted by molar-refractivity contribution is 5.82. The number of rotatable bonds is 1. The van der Waals surface area contributed by atoms with E-state index in [0.717, 1.165) is 6.54 Å². The van der Waals surface area contributed by atoms with Gasteiger partial charge in [0.05, 0.1) is 18.8 Å². The number of hydrogen-bond acceptors (Lipinski definition) is 4. The third-order valence-electron chi connectivity index (χ3n) is 2.98. The summed E-state index contributed by atoms with van der Waals surface area (Å²) < 4.78 is 5.24. The highest BCUT2D eigenvalue weighted by Crippen LogP contribution is 2.20. The van der Waals surface area contributed by atoms with Crippen molar-refractivity contribution in [3.63, 3.8) is 0 Å². The Morgan fingerprint density at radius 3 is 3.00 bits per heavy atom. The van der Waals surface area contributed by atoms with Crippen LogP contribution in [0.2, 0.25) is 0 Å². The van der Waals surface area contributed by atoms with E-state index < -0.39 is 5.60 Å². The minimum absolute atomic E-state index is 0.0486. The molecule has 0 aromatic rings. The van der Waals surface area contributed by atoms with E-state index in [-0.39, 0.29) is 11.9 Å². The number of amides is 1. The summed E-state index contributed by atoms with van der Waals surface area (Å²) in [4.78, 5) is 13.7. The molecule has 2 N–H and O–H groups in total. The van der Waals surface area contributed by atoms with Crippen LogP contribution in [0.3, 0.4) is 0 Å². The first kappa shape index (κ1) is 10.9. The van der Waals surface area contributed by atoms with Gasteiger partial charge in [-0.25, -0.2) is 0 Å². The van der Waals surface area contributed by atoms with Crippen molar-refractivity contribution in [2.45, 2.75) is 25.0 Å². The molecule has 2 fully saturated rings. The van der Waals surface area contributed by atoms with E-state index in [9.17, 15) is 9.90 Å². The highest BCUT2D eigenvalue weighted by atomic mass is 16.5. The van der Waals surface area contributed by atoms with Crippen molar-refractivity contribution in [2.75, 3.05) is 32.8 Å². The van der Waals surface area contributed by atoms with Gasteiger partial charge in [-0.15, -0.1) is 0 Å². The maximum Gasteiger partial charge on any atom is 0.242 e. The van der Waals surface area contributed by atoms with Crippen LogP contribution in [0.4, 0.5) is 0 Å². The molecule has 2 heterocycles. The Hall–Kier alpha value is -0.650. The van der Waals surface area contributed by atoms with Gasteiger partial charge in [-0.2, -0.15) is 0 Å². The lowest BCUT2D eigenvalue weighted by Crippen LogP contribution is -2.52. The Morgan fingerprint density at radius 2 is 2.47 bits per heavy atom. The number of nitrogens with zero attached hydrogens (tertiary/aromatic N) is 1. The molecule has 2 aliphatic heterocycles. The fraction of sp³-hybridized carbons (Fsp3) is 0.900. The van der Waals surface area contributed by atoms with Gasteiger partial charge < -0.3 is 20.1 Å². The Balaban J connectivity index is 1.90. The molecule has 15 heavy (non-hydrogen) atoms. The van der Waals surface area contributed by atoms with Gasteiger partial charge in [0.2, 0.25) is 5.91 Å². The zero-order chi connectivity index (χ0) is 10.9. The second-order valence-corrected chi connectivity index (χ2v) is 4.59. The summed E-state index contributed by atoms with van der Waals surface area (Å²) in [6.07, 6.45) is 0.659. The smallest absolute Gasteiger partial charge is 0.242 e. The summed E-state index contributed by atoms with van der Waals surface area (Å²) in [5.74, 6) is 0.0486. The fourth-order valence-corrected chi connectivity index (χ4v) is 2.08. The molecule has 0 saturated carbocycles. The second kappa shape index (κ2) is 4.08. The number of likely N-dealkylation sites (tertiary alicyclic amines) is 1. The van der Waals surface area contributed by atoms with Crippen LogP contribution in [0, 0.1) is 0 Å². The molecule has 1 amide bonds. The summed E-state index contributed by atoms with van der Waals surface area (Å²) >= 11 is 0. The molecule has 0 spiro atoms. The number of aliphatic hydroxyl groups is 1. The van der Waals surface area contributed by atoms with Crippen LogP contribution < -0.4 is 5.32 Å². The molecule has 0 aromatic heterocycles. The van der Waals surface area contributed by atoms with Gasteiger partial charge in [0.25, 0.3) is 0 Å². The summed E-state index contributed by atoms with van der Waals surface area (Å²) in [6, 6.07) is -0.229. The van der Waals surface area contributed by atoms with Crippen molar-refractivity contribution in [1.82, 2.24) is 10.2 Å². The topological polar surface area (TPSA) is 61.8 Å². The number of carbonyl (C=O) groups excluding carboxylic acids is 1. The molecule has 0 aliphatic carbocycles. The van der Waals surface area contributed by atoms with Crippen molar-refractivity contribution in [1.29, 1.82) is 0 Å². The molecule has 2 unspecified atom stereocenters. The van der Waals surface area contributed by atoms with Crippen LogP contribution in [-0.4, -0.2) is 60.4 Å². The molecule has 2 rings (SSSR count). The summed E-state index contributed by atoms with van der Waals surface area (Å²) in [6.45, 7) is 4.68. The van der Waals surface area contributed by atoms with Gasteiger partial charge in [0.1, 0.15) is 6.04 Å². The molecule has 2 aliphatic rings. The Labute approximate surface area is 89.4 Å². The predicted octanol–water partition coefficient (Wildman–Crippen LogP) is -1.04. The largest absolute Gasteiger partial charge is 0.388 e. The second-order valence-electron chi connectivity index (χ2n) is 4.59. The van der Waals surface area contributed by atoms with E-state index in [1.54, 1.807) is 11.8 Å². The first-order valence-electron chi connectivity index (χ1n) is 5.41. The Kier molecular flexibility index (Phi) is 2.95. The van der Waals surface area contributed by atoms with E-state index in [0.29, 0.717) is 32.7 Å². The molecular weight excluding hydrogens is 196 g/mol. The van der Waals surface area contributed by atoms with Crippen molar-refractivity contribution in [3.8, 4) is 0 Å². The van der Waals surface area contributed by atoms with Crippen LogP contribution >= 0.6 is 0 Å². The fourth-order valence-electron chi connectivity index (χ4n) is 2.08. The molecule has 0 bridgehead atoms. The average molecular weight is 214 g/mol. The molecule has 86 valence electrons. The zero-order valence-corrected chi connectivity index (χ0v) is 9.03. The monoisotopic (exact) mass is 214 g/mol. The van der Waals surface area contributed by atoms with Crippen molar-refractivity contribution in [2.24, 2.45) is 0 Å². The highest BCUT2D eigenvalue weighted by Gasteiger charge is 2.36. The molecule has 2 saturated heterocycles. The van der Waals surface area contributed by atoms with Crippen molar-refractivity contribution in [3.05, 3.63) is 0 Å². The van der Waals surface area contributed by atoms with Crippen LogP contribution in [0.5, 0.6) is 0 Å². The van der Waals surface area contributed by atoms with Crippen LogP contribution in [0.15, 0.2) is 0 Å². The molecule has 5 nitrogen and oxygen atoms in total. The standard InChI is InChI=1S/C10H18N2O3/c1-10(14)2-4-12(7-10)9(13)8-6-15-5-3-11-8/h8,11,14H,2-7H2,1H3. The lowest BCUT2D eigenvalue weighted by Gasteiger charge is -2.27. The summed E-state index contributed by atoms with van der Waals surface area (Å²) in [7, 11) is 0. The minimum Gasteiger partial charge on any atom is -0.388 e. The predicted molar refractivity (Wildman–Crippen MR) is 54.4 cm³/mol. The molecular formula is C10H18N2O3. The van der Waals surface area contributed by atoms with Crippen molar-refractivity contribution < 1.29 is 14.6 Å². The first-order chi connectivity index (χ1) is 7.08. The van der Waals surface area contributed by atoms with Crippen LogP contribution in [0.25, 0.3) is 0 Å². The molecule has 5 heteroatoms. The van der Waals surface area contributed by atoms with Gasteiger partial charge in [-0.1, -0.05) is 0 Å². The van der Waals surface area contributed by atoms with Crippen molar-refractivity contribution >= 4 is 5.91 Å². The number of nitrogens with one attached hydrogen (secondary N) is 1. The first-order valence-corrected chi connectivity index (χ1v) is 5.41. The average Bonchev–Trinajstić information content (AvgIpc) is 2.59. The molecule has 0 aromatic carbocycles. The van der Waals surface area contributed by atoms with E-state index in [4.69, 9.17) is 4.74 Å². The maximum absolute atomic E-state index is 12.0. The van der Waals surface area contributed by atoms with E-state index in [2.05, 4.69) is 5.32 Å². The zero-order valence-electron chi connectivity index (χ0n) is 9.03. The molecule has 0 radical (unpaired) electrons. The third-order valence-corrected chi connectivity index (χ3v) is 2.98. The number of carbonyl (C=O) groups is 1. The van der Waals surface area contributed by atoms with E-state index in [1.807, 2.05) is 0 Å². The quantitative estimate of drug-likeness (QED) is 0.585. The van der Waals surface area contributed by atoms with Crippen LogP contribution in [-0.2, 0) is 9.53 Å². The number of morpholine rings is 1. The summed E-state index contributed by atoms with van der Waals surface area (Å²) in [5, 5.41) is 12.9. The lowest BCUT2D eigenvalue weighted by atomic mass is 10.1. The lowest BCUT2D eigenvalue weighted by molar-refractivity contribution is -0.136. The number of β-amino-alcohol motifs (C(OH)–C–C–N with tert-alkyl or cyclic N) is 1.